The highest BCUT2D eigenvalue weighted by Gasteiger charge is 2.06. The molecule has 1 aromatic carbocycles. The van der Waals surface area contributed by atoms with Gasteiger partial charge < -0.3 is 5.32 Å². The molecule has 0 fully saturated rings. The number of nitrogens with one attached hydrogen (secondary N) is 1. The molecule has 0 aliphatic heterocycles. The van der Waals surface area contributed by atoms with E-state index in [0.717, 1.165) is 4.90 Å². The van der Waals surface area contributed by atoms with Crippen molar-refractivity contribution in [1.29, 1.82) is 0 Å². The fraction of sp³-hybridized carbons (Fsp3) is 0.222. The minimum Gasteiger partial charge on any atom is -0.340 e. The van der Waals surface area contributed by atoms with Crippen LogP contribution in [-0.4, -0.2) is 24.4 Å². The van der Waals surface area contributed by atoms with Crippen molar-refractivity contribution in [3.8, 4) is 0 Å². The van der Waals surface area contributed by atoms with Gasteiger partial charge in [-0.2, -0.15) is 0 Å². The average molecular weight is 196 g/mol. The SMILES string of the molecule is CNC(=O)N(C)Sc1ccccc1. The molecule has 1 aromatic rings. The lowest BCUT2D eigenvalue weighted by Gasteiger charge is -2.14. The van der Waals surface area contributed by atoms with Crippen molar-refractivity contribution < 1.29 is 4.79 Å². The van der Waals surface area contributed by atoms with Gasteiger partial charge in [0.15, 0.2) is 0 Å². The third-order valence-electron chi connectivity index (χ3n) is 1.49. The Labute approximate surface area is 82.3 Å². The van der Waals surface area contributed by atoms with Crippen molar-refractivity contribution >= 4 is 18.0 Å². The molecule has 0 radical (unpaired) electrons. The predicted octanol–water partition coefficient (Wildman–Crippen LogP) is 1.96. The van der Waals surface area contributed by atoms with E-state index in [9.17, 15) is 4.79 Å². The van der Waals surface area contributed by atoms with Gasteiger partial charge in [-0.25, -0.2) is 4.79 Å². The molecule has 1 rings (SSSR count). The Bertz CT molecular complexity index is 276. The van der Waals surface area contributed by atoms with Crippen LogP contribution in [0.15, 0.2) is 35.2 Å². The number of benzene rings is 1. The molecule has 0 aliphatic carbocycles. The van der Waals surface area contributed by atoms with E-state index in [-0.39, 0.29) is 6.03 Å². The van der Waals surface area contributed by atoms with Gasteiger partial charge in [-0.15, -0.1) is 0 Å². The van der Waals surface area contributed by atoms with Crippen LogP contribution in [0, 0.1) is 0 Å². The largest absolute Gasteiger partial charge is 0.340 e. The topological polar surface area (TPSA) is 32.3 Å². The molecule has 2 amide bonds. The normalized spacial score (nSPS) is 9.38. The lowest BCUT2D eigenvalue weighted by molar-refractivity contribution is 0.233. The molecule has 4 heteroatoms. The average Bonchev–Trinajstić information content (AvgIpc) is 2.18. The highest BCUT2D eigenvalue weighted by Crippen LogP contribution is 2.19. The van der Waals surface area contributed by atoms with Crippen LogP contribution in [0.1, 0.15) is 0 Å². The molecular weight excluding hydrogens is 184 g/mol. The Morgan fingerprint density at radius 3 is 2.54 bits per heavy atom. The maximum absolute atomic E-state index is 11.1. The first kappa shape index (κ1) is 9.92. The van der Waals surface area contributed by atoms with Crippen LogP contribution in [0.5, 0.6) is 0 Å². The van der Waals surface area contributed by atoms with Crippen molar-refractivity contribution in [2.24, 2.45) is 0 Å². The van der Waals surface area contributed by atoms with Crippen molar-refractivity contribution in [2.75, 3.05) is 14.1 Å². The highest BCUT2D eigenvalue weighted by atomic mass is 32.2. The first-order valence-corrected chi connectivity index (χ1v) is 4.70. The number of hydrogen-bond acceptors (Lipinski definition) is 2. The van der Waals surface area contributed by atoms with Gasteiger partial charge in [0.1, 0.15) is 0 Å². The van der Waals surface area contributed by atoms with Gasteiger partial charge in [0, 0.05) is 19.0 Å². The number of urea groups is 1. The van der Waals surface area contributed by atoms with E-state index in [1.165, 1.54) is 11.9 Å². The number of rotatable bonds is 2. The zero-order chi connectivity index (χ0) is 9.68. The van der Waals surface area contributed by atoms with Gasteiger partial charge in [-0.1, -0.05) is 18.2 Å². The first-order chi connectivity index (χ1) is 6.24. The fourth-order valence-corrected chi connectivity index (χ4v) is 1.61. The summed E-state index contributed by atoms with van der Waals surface area (Å²) in [6, 6.07) is 9.66. The second-order valence-corrected chi connectivity index (χ2v) is 3.66. The number of nitrogens with zero attached hydrogens (tertiary/aromatic N) is 1. The predicted molar refractivity (Wildman–Crippen MR) is 54.5 cm³/mol. The van der Waals surface area contributed by atoms with Crippen molar-refractivity contribution in [3.05, 3.63) is 30.3 Å². The molecule has 0 aromatic heterocycles. The molecule has 70 valence electrons. The number of hydrogen-bond donors (Lipinski definition) is 1. The molecular formula is C9H12N2OS. The monoisotopic (exact) mass is 196 g/mol. The molecule has 0 spiro atoms. The van der Waals surface area contributed by atoms with E-state index < -0.39 is 0 Å². The Morgan fingerprint density at radius 2 is 2.00 bits per heavy atom. The highest BCUT2D eigenvalue weighted by molar-refractivity contribution is 7.97. The minimum atomic E-state index is -0.103. The zero-order valence-electron chi connectivity index (χ0n) is 7.65. The van der Waals surface area contributed by atoms with Crippen LogP contribution < -0.4 is 5.32 Å². The van der Waals surface area contributed by atoms with Gasteiger partial charge >= 0.3 is 6.03 Å². The summed E-state index contributed by atoms with van der Waals surface area (Å²) in [7, 11) is 3.35. The molecule has 0 atom stereocenters. The molecule has 0 saturated carbocycles. The smallest absolute Gasteiger partial charge is 0.327 e. The molecule has 0 bridgehead atoms. The number of amides is 2. The van der Waals surface area contributed by atoms with E-state index in [1.54, 1.807) is 18.4 Å². The summed E-state index contributed by atoms with van der Waals surface area (Å²) < 4.78 is 1.55. The van der Waals surface area contributed by atoms with Gasteiger partial charge in [-0.3, -0.25) is 4.31 Å². The van der Waals surface area contributed by atoms with Gasteiger partial charge in [0.25, 0.3) is 0 Å². The maximum atomic E-state index is 11.1. The molecule has 3 nitrogen and oxygen atoms in total. The molecule has 0 unspecified atom stereocenters. The quantitative estimate of drug-likeness (QED) is 0.733. The summed E-state index contributed by atoms with van der Waals surface area (Å²) in [6.07, 6.45) is 0. The van der Waals surface area contributed by atoms with Crippen LogP contribution in [-0.2, 0) is 0 Å². The minimum absolute atomic E-state index is 0.103. The second-order valence-electron chi connectivity index (χ2n) is 2.46. The number of carbonyl (C=O) groups is 1. The van der Waals surface area contributed by atoms with Crippen LogP contribution in [0.3, 0.4) is 0 Å². The first-order valence-electron chi connectivity index (χ1n) is 3.92. The van der Waals surface area contributed by atoms with Crippen molar-refractivity contribution in [1.82, 2.24) is 9.62 Å². The molecule has 0 aliphatic rings. The maximum Gasteiger partial charge on any atom is 0.327 e. The summed E-state index contributed by atoms with van der Waals surface area (Å²) in [5, 5.41) is 2.55. The third kappa shape index (κ3) is 2.99. The lowest BCUT2D eigenvalue weighted by atomic mass is 10.4. The van der Waals surface area contributed by atoms with E-state index in [1.807, 2.05) is 30.3 Å². The second kappa shape index (κ2) is 4.77. The molecule has 13 heavy (non-hydrogen) atoms. The van der Waals surface area contributed by atoms with E-state index in [2.05, 4.69) is 5.32 Å². The summed E-state index contributed by atoms with van der Waals surface area (Å²) in [5.41, 5.74) is 0. The number of carbonyl (C=O) groups excluding carboxylic acids is 1. The summed E-state index contributed by atoms with van der Waals surface area (Å²) in [6.45, 7) is 0. The Hall–Kier alpha value is -1.16. The standard InChI is InChI=1S/C9H12N2OS/c1-10-9(12)11(2)13-8-6-4-3-5-7-8/h3-7H,1-2H3,(H,10,12). The van der Waals surface area contributed by atoms with Crippen LogP contribution in [0.2, 0.25) is 0 Å². The Kier molecular flexibility index (Phi) is 3.64. The third-order valence-corrected chi connectivity index (χ3v) is 2.41. The van der Waals surface area contributed by atoms with Crippen LogP contribution in [0.4, 0.5) is 4.79 Å². The zero-order valence-corrected chi connectivity index (χ0v) is 8.47. The molecule has 0 saturated heterocycles. The van der Waals surface area contributed by atoms with E-state index in [0.29, 0.717) is 0 Å². The molecule has 1 N–H and O–H groups in total. The fourth-order valence-electron chi connectivity index (χ4n) is 0.838. The van der Waals surface area contributed by atoms with Gasteiger partial charge in [0.2, 0.25) is 0 Å². The molecule has 0 heterocycles. The summed E-state index contributed by atoms with van der Waals surface area (Å²) >= 11 is 1.40. The van der Waals surface area contributed by atoms with Gasteiger partial charge in [0.05, 0.1) is 0 Å². The summed E-state index contributed by atoms with van der Waals surface area (Å²) in [5.74, 6) is 0. The summed E-state index contributed by atoms with van der Waals surface area (Å²) in [4.78, 5) is 12.2. The van der Waals surface area contributed by atoms with E-state index >= 15 is 0 Å². The van der Waals surface area contributed by atoms with Crippen molar-refractivity contribution in [3.63, 3.8) is 0 Å². The van der Waals surface area contributed by atoms with Crippen molar-refractivity contribution in [2.45, 2.75) is 4.90 Å². The van der Waals surface area contributed by atoms with Crippen LogP contribution in [0.25, 0.3) is 0 Å². The Morgan fingerprint density at radius 1 is 1.38 bits per heavy atom. The Balaban J connectivity index is 2.55. The van der Waals surface area contributed by atoms with Crippen LogP contribution >= 0.6 is 11.9 Å². The lowest BCUT2D eigenvalue weighted by Crippen LogP contribution is -2.29. The van der Waals surface area contributed by atoms with Gasteiger partial charge in [-0.05, 0) is 24.1 Å². The van der Waals surface area contributed by atoms with E-state index in [4.69, 9.17) is 0 Å².